The third-order valence-electron chi connectivity index (χ3n) is 2.39. The first-order valence-corrected chi connectivity index (χ1v) is 7.59. The number of hydrogen-bond donors (Lipinski definition) is 2. The number of amides is 1. The molecule has 9 heteroatoms. The van der Waals surface area contributed by atoms with Crippen molar-refractivity contribution in [3.8, 4) is 0 Å². The molecule has 1 rings (SSSR count). The Balaban J connectivity index is 2.58. The van der Waals surface area contributed by atoms with Crippen LogP contribution in [-0.2, 0) is 30.9 Å². The molecule has 0 aliphatic heterocycles. The smallest absolute Gasteiger partial charge is 0.408 e. The van der Waals surface area contributed by atoms with Gasteiger partial charge in [0.05, 0.1) is 12.9 Å². The molecule has 0 saturated carbocycles. The average molecular weight is 316 g/mol. The molecule has 1 amide bonds. The van der Waals surface area contributed by atoms with E-state index in [1.54, 1.807) is 24.3 Å². The minimum absolute atomic E-state index is 0.0179. The monoisotopic (exact) mass is 316 g/mol. The van der Waals surface area contributed by atoms with Crippen LogP contribution in [0.1, 0.15) is 5.56 Å². The first-order chi connectivity index (χ1) is 9.81. The summed E-state index contributed by atoms with van der Waals surface area (Å²) in [6.07, 6.45) is -0.946. The summed E-state index contributed by atoms with van der Waals surface area (Å²) in [5.41, 5.74) is 0.744. The van der Waals surface area contributed by atoms with Crippen LogP contribution in [-0.4, -0.2) is 39.4 Å². The quantitative estimate of drug-likeness (QED) is 0.697. The van der Waals surface area contributed by atoms with E-state index in [1.165, 1.54) is 0 Å². The third kappa shape index (κ3) is 6.72. The van der Waals surface area contributed by atoms with Crippen LogP contribution in [0.2, 0.25) is 0 Å². The van der Waals surface area contributed by atoms with E-state index in [0.29, 0.717) is 0 Å². The topological polar surface area (TPSA) is 125 Å². The van der Waals surface area contributed by atoms with Crippen LogP contribution >= 0.6 is 0 Å². The summed E-state index contributed by atoms with van der Waals surface area (Å²) >= 11 is 0. The molecule has 0 aromatic heterocycles. The molecule has 0 radical (unpaired) electrons. The Hall–Kier alpha value is -2.13. The number of rotatable bonds is 6. The predicted molar refractivity (Wildman–Crippen MR) is 73.5 cm³/mol. The number of primary sulfonamides is 1. The highest BCUT2D eigenvalue weighted by Crippen LogP contribution is 2.01. The van der Waals surface area contributed by atoms with Gasteiger partial charge in [-0.25, -0.2) is 23.1 Å². The highest BCUT2D eigenvalue weighted by Gasteiger charge is 2.26. The normalized spacial score (nSPS) is 12.3. The van der Waals surface area contributed by atoms with Gasteiger partial charge in [0.25, 0.3) is 0 Å². The molecule has 0 spiro atoms. The van der Waals surface area contributed by atoms with Crippen molar-refractivity contribution in [2.75, 3.05) is 12.9 Å². The minimum atomic E-state index is -3.96. The standard InChI is InChI=1S/C12H16N2O6S/c1-19-11(15)10(8-21(13,17)18)14-12(16)20-7-9-5-3-2-4-6-9/h2-6,10H,7-8H2,1H3,(H,14,16)(H2,13,17,18)/t10-/m1/s1. The summed E-state index contributed by atoms with van der Waals surface area (Å²) in [5.74, 6) is -1.71. The van der Waals surface area contributed by atoms with Gasteiger partial charge in [-0.1, -0.05) is 30.3 Å². The van der Waals surface area contributed by atoms with Gasteiger partial charge in [-0.15, -0.1) is 0 Å². The third-order valence-corrected chi connectivity index (χ3v) is 3.19. The average Bonchev–Trinajstić information content (AvgIpc) is 2.43. The molecule has 0 bridgehead atoms. The van der Waals surface area contributed by atoms with E-state index in [0.717, 1.165) is 12.7 Å². The molecule has 1 aromatic carbocycles. The zero-order valence-corrected chi connectivity index (χ0v) is 12.1. The molecule has 0 saturated heterocycles. The zero-order chi connectivity index (χ0) is 15.9. The zero-order valence-electron chi connectivity index (χ0n) is 11.3. The van der Waals surface area contributed by atoms with Crippen LogP contribution in [0, 0.1) is 0 Å². The van der Waals surface area contributed by atoms with E-state index < -0.39 is 33.9 Å². The van der Waals surface area contributed by atoms with Crippen LogP contribution in [0.4, 0.5) is 4.79 Å². The SMILES string of the molecule is COC(=O)[C@@H](CS(N)(=O)=O)NC(=O)OCc1ccccc1. The Morgan fingerprint density at radius 1 is 1.29 bits per heavy atom. The molecule has 0 unspecified atom stereocenters. The van der Waals surface area contributed by atoms with E-state index >= 15 is 0 Å². The van der Waals surface area contributed by atoms with Crippen molar-refractivity contribution < 1.29 is 27.5 Å². The van der Waals surface area contributed by atoms with Gasteiger partial charge in [-0.2, -0.15) is 0 Å². The fourth-order valence-electron chi connectivity index (χ4n) is 1.45. The van der Waals surface area contributed by atoms with Crippen molar-refractivity contribution >= 4 is 22.1 Å². The second-order valence-corrected chi connectivity index (χ2v) is 5.77. The summed E-state index contributed by atoms with van der Waals surface area (Å²) < 4.78 is 31.3. The molecule has 1 atom stereocenters. The van der Waals surface area contributed by atoms with Gasteiger partial charge in [-0.05, 0) is 5.56 Å². The summed E-state index contributed by atoms with van der Waals surface area (Å²) in [5, 5.41) is 6.94. The fraction of sp³-hybridized carbons (Fsp3) is 0.333. The number of carbonyl (C=O) groups excluding carboxylic acids is 2. The van der Waals surface area contributed by atoms with Crippen LogP contribution in [0.15, 0.2) is 30.3 Å². The van der Waals surface area contributed by atoms with Crippen molar-refractivity contribution in [2.45, 2.75) is 12.6 Å². The summed E-state index contributed by atoms with van der Waals surface area (Å²) in [6.45, 7) is -0.0179. The number of methoxy groups -OCH3 is 1. The molecule has 3 N–H and O–H groups in total. The molecule has 1 aromatic rings. The highest BCUT2D eigenvalue weighted by molar-refractivity contribution is 7.89. The number of ether oxygens (including phenoxy) is 2. The molecular weight excluding hydrogens is 300 g/mol. The van der Waals surface area contributed by atoms with Gasteiger partial charge >= 0.3 is 12.1 Å². The molecule has 0 fully saturated rings. The van der Waals surface area contributed by atoms with Gasteiger partial charge in [0, 0.05) is 0 Å². The molecule has 0 aliphatic carbocycles. The van der Waals surface area contributed by atoms with E-state index in [9.17, 15) is 18.0 Å². The van der Waals surface area contributed by atoms with Gasteiger partial charge in [0.1, 0.15) is 12.6 Å². The van der Waals surface area contributed by atoms with Crippen LogP contribution in [0.25, 0.3) is 0 Å². The number of sulfonamides is 1. The van der Waals surface area contributed by atoms with Crippen molar-refractivity contribution in [3.05, 3.63) is 35.9 Å². The van der Waals surface area contributed by atoms with Crippen molar-refractivity contribution in [3.63, 3.8) is 0 Å². The van der Waals surface area contributed by atoms with Gasteiger partial charge < -0.3 is 14.8 Å². The number of nitrogens with one attached hydrogen (secondary N) is 1. The van der Waals surface area contributed by atoms with Gasteiger partial charge in [0.15, 0.2) is 0 Å². The van der Waals surface area contributed by atoms with Crippen LogP contribution < -0.4 is 10.5 Å². The number of carbonyl (C=O) groups is 2. The lowest BCUT2D eigenvalue weighted by molar-refractivity contribution is -0.142. The first-order valence-electron chi connectivity index (χ1n) is 5.87. The second-order valence-electron chi connectivity index (χ2n) is 4.11. The van der Waals surface area contributed by atoms with E-state index in [4.69, 9.17) is 9.88 Å². The Labute approximate surface area is 122 Å². The van der Waals surface area contributed by atoms with E-state index in [-0.39, 0.29) is 6.61 Å². The Bertz CT molecular complexity index is 587. The Kier molecular flexibility index (Phi) is 6.12. The highest BCUT2D eigenvalue weighted by atomic mass is 32.2. The Morgan fingerprint density at radius 3 is 2.43 bits per heavy atom. The molecule has 0 aliphatic rings. The molecule has 21 heavy (non-hydrogen) atoms. The maximum Gasteiger partial charge on any atom is 0.408 e. The number of esters is 1. The molecule has 0 heterocycles. The number of alkyl carbamates (subject to hydrolysis) is 1. The van der Waals surface area contributed by atoms with E-state index in [2.05, 4.69) is 10.1 Å². The van der Waals surface area contributed by atoms with Crippen molar-refractivity contribution in [1.82, 2.24) is 5.32 Å². The maximum atomic E-state index is 11.6. The Morgan fingerprint density at radius 2 is 1.90 bits per heavy atom. The summed E-state index contributed by atoms with van der Waals surface area (Å²) in [4.78, 5) is 22.9. The minimum Gasteiger partial charge on any atom is -0.467 e. The largest absolute Gasteiger partial charge is 0.467 e. The lowest BCUT2D eigenvalue weighted by Gasteiger charge is -2.15. The van der Waals surface area contributed by atoms with Crippen LogP contribution in [0.3, 0.4) is 0 Å². The van der Waals surface area contributed by atoms with Crippen LogP contribution in [0.5, 0.6) is 0 Å². The number of nitrogens with two attached hydrogens (primary N) is 1. The number of hydrogen-bond acceptors (Lipinski definition) is 6. The van der Waals surface area contributed by atoms with E-state index in [1.807, 2.05) is 6.07 Å². The molecular formula is C12H16N2O6S. The second kappa shape index (κ2) is 7.60. The van der Waals surface area contributed by atoms with Gasteiger partial charge in [0.2, 0.25) is 10.0 Å². The first kappa shape index (κ1) is 16.9. The molecule has 8 nitrogen and oxygen atoms in total. The predicted octanol–water partition coefficient (Wildman–Crippen LogP) is -0.257. The lowest BCUT2D eigenvalue weighted by atomic mass is 10.2. The van der Waals surface area contributed by atoms with Crippen molar-refractivity contribution in [2.24, 2.45) is 5.14 Å². The van der Waals surface area contributed by atoms with Crippen molar-refractivity contribution in [1.29, 1.82) is 0 Å². The maximum absolute atomic E-state index is 11.6. The number of benzene rings is 1. The lowest BCUT2D eigenvalue weighted by Crippen LogP contribution is -2.47. The van der Waals surface area contributed by atoms with Gasteiger partial charge in [-0.3, -0.25) is 0 Å². The summed E-state index contributed by atoms with van der Waals surface area (Å²) in [6, 6.07) is 7.42. The molecule has 116 valence electrons. The fourth-order valence-corrected chi connectivity index (χ4v) is 2.13. The summed E-state index contributed by atoms with van der Waals surface area (Å²) in [7, 11) is -2.90.